The van der Waals surface area contributed by atoms with Crippen LogP contribution in [0.2, 0.25) is 0 Å². The predicted molar refractivity (Wildman–Crippen MR) is 108 cm³/mol. The number of nitrogens with one attached hydrogen (secondary N) is 2. The monoisotopic (exact) mass is 403 g/mol. The summed E-state index contributed by atoms with van der Waals surface area (Å²) in [7, 11) is 0. The number of amides is 1. The summed E-state index contributed by atoms with van der Waals surface area (Å²) in [6, 6.07) is 10.5. The van der Waals surface area contributed by atoms with Gasteiger partial charge in [-0.2, -0.15) is 0 Å². The van der Waals surface area contributed by atoms with Gasteiger partial charge in [-0.05, 0) is 19.8 Å². The summed E-state index contributed by atoms with van der Waals surface area (Å²) in [4.78, 5) is 16.9. The highest BCUT2D eigenvalue weighted by Crippen LogP contribution is 2.32. The topological polar surface area (TPSA) is 79.8 Å². The number of hydrogen-bond donors (Lipinski definition) is 2. The Hall–Kier alpha value is -1.97. The first-order valence-electron chi connectivity index (χ1n) is 8.26. The zero-order chi connectivity index (χ0) is 17.9. The SMILES string of the molecule is CC(Sc1nnc(NC2CC2)s1)C(=O)Nc1nc(-c2ccccc2)cs1. The first kappa shape index (κ1) is 17.4. The van der Waals surface area contributed by atoms with Crippen LogP contribution < -0.4 is 10.6 Å². The van der Waals surface area contributed by atoms with Crippen LogP contribution in [0.1, 0.15) is 19.8 Å². The number of carbonyl (C=O) groups excluding carboxylic acids is 1. The first-order chi connectivity index (χ1) is 12.7. The molecule has 9 heteroatoms. The van der Waals surface area contributed by atoms with Crippen molar-refractivity contribution in [2.24, 2.45) is 0 Å². The molecule has 0 spiro atoms. The van der Waals surface area contributed by atoms with Crippen molar-refractivity contribution in [3.05, 3.63) is 35.7 Å². The molecule has 6 nitrogen and oxygen atoms in total. The van der Waals surface area contributed by atoms with E-state index in [1.165, 1.54) is 47.3 Å². The van der Waals surface area contributed by atoms with Crippen LogP contribution in [0.5, 0.6) is 0 Å². The van der Waals surface area contributed by atoms with Crippen molar-refractivity contribution < 1.29 is 4.79 Å². The molecule has 0 aliphatic heterocycles. The number of aromatic nitrogens is 3. The molecule has 1 aliphatic carbocycles. The lowest BCUT2D eigenvalue weighted by Gasteiger charge is -2.07. The minimum absolute atomic E-state index is 0.0872. The van der Waals surface area contributed by atoms with Gasteiger partial charge < -0.3 is 10.6 Å². The highest BCUT2D eigenvalue weighted by molar-refractivity contribution is 8.02. The van der Waals surface area contributed by atoms with E-state index in [1.807, 2.05) is 42.6 Å². The normalized spacial score (nSPS) is 14.8. The average Bonchev–Trinajstić information content (AvgIpc) is 3.15. The van der Waals surface area contributed by atoms with Gasteiger partial charge in [-0.25, -0.2) is 4.98 Å². The lowest BCUT2D eigenvalue weighted by atomic mass is 10.2. The Kier molecular flexibility index (Phi) is 5.18. The van der Waals surface area contributed by atoms with Gasteiger partial charge in [0.2, 0.25) is 11.0 Å². The molecule has 3 aromatic rings. The van der Waals surface area contributed by atoms with Gasteiger partial charge in [0.15, 0.2) is 9.47 Å². The Balaban J connectivity index is 1.34. The number of hydrogen-bond acceptors (Lipinski definition) is 8. The van der Waals surface area contributed by atoms with E-state index in [0.29, 0.717) is 11.2 Å². The van der Waals surface area contributed by atoms with Crippen molar-refractivity contribution >= 4 is 50.6 Å². The van der Waals surface area contributed by atoms with E-state index >= 15 is 0 Å². The number of carbonyl (C=O) groups is 1. The Morgan fingerprint density at radius 2 is 2.04 bits per heavy atom. The summed E-state index contributed by atoms with van der Waals surface area (Å²) >= 11 is 4.33. The maximum Gasteiger partial charge on any atom is 0.239 e. The molecule has 134 valence electrons. The Bertz CT molecular complexity index is 891. The molecule has 0 radical (unpaired) electrons. The zero-order valence-corrected chi connectivity index (χ0v) is 16.5. The molecule has 1 aromatic carbocycles. The standard InChI is InChI=1S/C17H17N5OS3/c1-10(25-17-22-21-16(26-17)18-12-7-8-12)14(23)20-15-19-13(9-24-15)11-5-3-2-4-6-11/h2-6,9-10,12H,7-8H2,1H3,(H,18,21)(H,19,20,23). The second-order valence-corrected chi connectivity index (χ2v) is 9.37. The van der Waals surface area contributed by atoms with Crippen LogP contribution >= 0.6 is 34.4 Å². The maximum absolute atomic E-state index is 12.4. The highest BCUT2D eigenvalue weighted by atomic mass is 32.2. The van der Waals surface area contributed by atoms with Crippen LogP contribution in [0.25, 0.3) is 11.3 Å². The lowest BCUT2D eigenvalue weighted by molar-refractivity contribution is -0.115. The number of thiazole rings is 1. The molecule has 1 amide bonds. The fourth-order valence-corrected chi connectivity index (χ4v) is 4.90. The van der Waals surface area contributed by atoms with Crippen molar-refractivity contribution in [3.8, 4) is 11.3 Å². The Morgan fingerprint density at radius 3 is 2.81 bits per heavy atom. The van der Waals surface area contributed by atoms with Crippen molar-refractivity contribution in [1.29, 1.82) is 0 Å². The molecule has 0 bridgehead atoms. The quantitative estimate of drug-likeness (QED) is 0.571. The van der Waals surface area contributed by atoms with E-state index in [-0.39, 0.29) is 11.2 Å². The number of nitrogens with zero attached hydrogens (tertiary/aromatic N) is 3. The molecule has 1 atom stereocenters. The number of rotatable bonds is 7. The number of benzene rings is 1. The third-order valence-corrected chi connectivity index (χ3v) is 6.56. The van der Waals surface area contributed by atoms with Crippen LogP contribution in [0.4, 0.5) is 10.3 Å². The van der Waals surface area contributed by atoms with Crippen molar-refractivity contribution in [3.63, 3.8) is 0 Å². The van der Waals surface area contributed by atoms with E-state index < -0.39 is 0 Å². The number of thioether (sulfide) groups is 1. The largest absolute Gasteiger partial charge is 0.357 e. The lowest BCUT2D eigenvalue weighted by Crippen LogP contribution is -2.22. The molecular formula is C17H17N5OS3. The van der Waals surface area contributed by atoms with Crippen LogP contribution in [-0.2, 0) is 4.79 Å². The summed E-state index contributed by atoms with van der Waals surface area (Å²) < 4.78 is 0.792. The van der Waals surface area contributed by atoms with Crippen molar-refractivity contribution in [2.45, 2.75) is 35.4 Å². The molecule has 1 aliphatic rings. The summed E-state index contributed by atoms with van der Waals surface area (Å²) in [5.41, 5.74) is 1.90. The van der Waals surface area contributed by atoms with Gasteiger partial charge in [0.25, 0.3) is 0 Å². The van der Waals surface area contributed by atoms with Crippen LogP contribution in [0.3, 0.4) is 0 Å². The molecule has 0 saturated heterocycles. The van der Waals surface area contributed by atoms with Crippen LogP contribution in [0.15, 0.2) is 40.1 Å². The van der Waals surface area contributed by atoms with Gasteiger partial charge in [0.05, 0.1) is 10.9 Å². The van der Waals surface area contributed by atoms with Crippen LogP contribution in [0, 0.1) is 0 Å². The fourth-order valence-electron chi connectivity index (χ4n) is 2.20. The van der Waals surface area contributed by atoms with E-state index in [2.05, 4.69) is 25.8 Å². The first-order valence-corrected chi connectivity index (χ1v) is 10.8. The summed E-state index contributed by atoms with van der Waals surface area (Å²) in [6.45, 7) is 1.86. The summed E-state index contributed by atoms with van der Waals surface area (Å²) in [5, 5.41) is 17.6. The van der Waals surface area contributed by atoms with Gasteiger partial charge in [-0.15, -0.1) is 21.5 Å². The third-order valence-electron chi connectivity index (χ3n) is 3.76. The molecule has 1 saturated carbocycles. The predicted octanol–water partition coefficient (Wildman–Crippen LogP) is 4.36. The second-order valence-electron chi connectivity index (χ2n) is 5.94. The van der Waals surface area contributed by atoms with E-state index in [9.17, 15) is 4.79 Å². The minimum atomic E-state index is -0.277. The van der Waals surface area contributed by atoms with Gasteiger partial charge in [-0.3, -0.25) is 4.79 Å². The van der Waals surface area contributed by atoms with Gasteiger partial charge >= 0.3 is 0 Å². The highest BCUT2D eigenvalue weighted by Gasteiger charge is 2.23. The Morgan fingerprint density at radius 1 is 1.23 bits per heavy atom. The van der Waals surface area contributed by atoms with E-state index in [0.717, 1.165) is 20.7 Å². The summed E-state index contributed by atoms with van der Waals surface area (Å²) in [6.07, 6.45) is 2.39. The molecule has 1 fully saturated rings. The van der Waals surface area contributed by atoms with Crippen molar-refractivity contribution in [2.75, 3.05) is 10.6 Å². The van der Waals surface area contributed by atoms with Gasteiger partial charge in [-0.1, -0.05) is 53.4 Å². The summed E-state index contributed by atoms with van der Waals surface area (Å²) in [5.74, 6) is -0.0872. The van der Waals surface area contributed by atoms with Crippen LogP contribution in [-0.4, -0.2) is 32.4 Å². The zero-order valence-electron chi connectivity index (χ0n) is 14.0. The Labute approximate surface area is 163 Å². The van der Waals surface area contributed by atoms with E-state index in [1.54, 1.807) is 0 Å². The second kappa shape index (κ2) is 7.73. The minimum Gasteiger partial charge on any atom is -0.357 e. The molecule has 2 N–H and O–H groups in total. The van der Waals surface area contributed by atoms with Crippen molar-refractivity contribution in [1.82, 2.24) is 15.2 Å². The molecule has 1 unspecified atom stereocenters. The van der Waals surface area contributed by atoms with Gasteiger partial charge in [0, 0.05) is 17.0 Å². The third kappa shape index (κ3) is 4.40. The number of anilines is 2. The maximum atomic E-state index is 12.4. The average molecular weight is 404 g/mol. The van der Waals surface area contributed by atoms with E-state index in [4.69, 9.17) is 0 Å². The molecule has 2 aromatic heterocycles. The molecule has 26 heavy (non-hydrogen) atoms. The molecular weight excluding hydrogens is 386 g/mol. The molecule has 2 heterocycles. The smallest absolute Gasteiger partial charge is 0.239 e. The fraction of sp³-hybridized carbons (Fsp3) is 0.294. The molecule has 4 rings (SSSR count). The van der Waals surface area contributed by atoms with Gasteiger partial charge in [0.1, 0.15) is 0 Å².